The third kappa shape index (κ3) is 2.72. The summed E-state index contributed by atoms with van der Waals surface area (Å²) in [5.74, 6) is 0.160. The third-order valence-corrected chi connectivity index (χ3v) is 3.51. The molecule has 1 fully saturated rings. The van der Waals surface area contributed by atoms with Gasteiger partial charge in [-0.05, 0) is 12.5 Å². The van der Waals surface area contributed by atoms with Crippen molar-refractivity contribution < 1.29 is 9.90 Å². The van der Waals surface area contributed by atoms with Gasteiger partial charge < -0.3 is 10.0 Å². The monoisotopic (exact) mass is 275 g/mol. The Morgan fingerprint density at radius 1 is 1.25 bits per heavy atom. The predicted octanol–water partition coefficient (Wildman–Crippen LogP) is 0.326. The van der Waals surface area contributed by atoms with Crippen molar-refractivity contribution in [3.8, 4) is 0 Å². The fourth-order valence-corrected chi connectivity index (χ4v) is 2.53. The van der Waals surface area contributed by atoms with Gasteiger partial charge in [-0.3, -0.25) is 9.69 Å². The van der Waals surface area contributed by atoms with Crippen LogP contribution in [0, 0.1) is 0 Å². The van der Waals surface area contributed by atoms with Gasteiger partial charge in [0.2, 0.25) is 0 Å². The predicted molar refractivity (Wildman–Crippen MR) is 73.9 cm³/mol. The third-order valence-electron chi connectivity index (χ3n) is 3.51. The second kappa shape index (κ2) is 5.46. The number of hydrogen-bond acceptors (Lipinski definition) is 5. The first-order valence-corrected chi connectivity index (χ1v) is 6.72. The summed E-state index contributed by atoms with van der Waals surface area (Å²) in [5.41, 5.74) is 0.828. The molecule has 1 N–H and O–H groups in total. The van der Waals surface area contributed by atoms with Crippen LogP contribution in [0.15, 0.2) is 24.5 Å². The lowest BCUT2D eigenvalue weighted by Crippen LogP contribution is -2.34. The number of carboxylic acids is 1. The summed E-state index contributed by atoms with van der Waals surface area (Å²) in [4.78, 5) is 19.5. The van der Waals surface area contributed by atoms with Gasteiger partial charge in [-0.25, -0.2) is 9.50 Å². The molecule has 0 amide bonds. The Balaban J connectivity index is 1.72. The van der Waals surface area contributed by atoms with E-state index in [1.54, 1.807) is 10.7 Å². The van der Waals surface area contributed by atoms with Crippen LogP contribution in [0.5, 0.6) is 0 Å². The van der Waals surface area contributed by atoms with Crippen molar-refractivity contribution in [1.29, 1.82) is 0 Å². The van der Waals surface area contributed by atoms with Gasteiger partial charge >= 0.3 is 5.97 Å². The normalized spacial score (nSPS) is 17.3. The van der Waals surface area contributed by atoms with Crippen LogP contribution in [-0.4, -0.2) is 63.3 Å². The lowest BCUT2D eigenvalue weighted by Gasteiger charge is -2.22. The topological polar surface area (TPSA) is 74.0 Å². The first-order chi connectivity index (χ1) is 9.72. The Morgan fingerprint density at radius 3 is 3.00 bits per heavy atom. The first-order valence-electron chi connectivity index (χ1n) is 6.72. The first kappa shape index (κ1) is 12.9. The molecule has 3 heterocycles. The molecule has 3 rings (SSSR count). The molecule has 106 valence electrons. The number of aromatic nitrogens is 3. The molecule has 7 nitrogen and oxygen atoms in total. The van der Waals surface area contributed by atoms with Crippen LogP contribution >= 0.6 is 0 Å². The van der Waals surface area contributed by atoms with Gasteiger partial charge in [0.1, 0.15) is 5.82 Å². The van der Waals surface area contributed by atoms with Crippen LogP contribution in [-0.2, 0) is 4.79 Å². The number of rotatable bonds is 3. The molecule has 0 bridgehead atoms. The van der Waals surface area contributed by atoms with Crippen molar-refractivity contribution in [2.45, 2.75) is 6.42 Å². The zero-order valence-electron chi connectivity index (χ0n) is 11.1. The van der Waals surface area contributed by atoms with Gasteiger partial charge in [0.05, 0.1) is 12.7 Å². The second-order valence-corrected chi connectivity index (χ2v) is 4.93. The molecule has 1 aliphatic heterocycles. The van der Waals surface area contributed by atoms with Gasteiger partial charge in [0.25, 0.3) is 0 Å². The molecule has 0 unspecified atom stereocenters. The second-order valence-electron chi connectivity index (χ2n) is 4.93. The molecule has 0 saturated carbocycles. The molecule has 20 heavy (non-hydrogen) atoms. The highest BCUT2D eigenvalue weighted by atomic mass is 16.4. The highest BCUT2D eigenvalue weighted by Crippen LogP contribution is 2.14. The molecule has 1 saturated heterocycles. The van der Waals surface area contributed by atoms with Gasteiger partial charge in [0.15, 0.2) is 5.65 Å². The van der Waals surface area contributed by atoms with Crippen molar-refractivity contribution in [2.75, 3.05) is 37.6 Å². The van der Waals surface area contributed by atoms with Gasteiger partial charge in [-0.1, -0.05) is 0 Å². The maximum absolute atomic E-state index is 10.8. The van der Waals surface area contributed by atoms with Crippen LogP contribution < -0.4 is 4.90 Å². The molecule has 1 aliphatic rings. The Labute approximate surface area is 116 Å². The molecule has 0 aromatic carbocycles. The maximum atomic E-state index is 10.8. The number of hydrogen-bond donors (Lipinski definition) is 1. The lowest BCUT2D eigenvalue weighted by molar-refractivity contribution is -0.138. The van der Waals surface area contributed by atoms with Crippen LogP contribution in [0.25, 0.3) is 5.65 Å². The van der Waals surface area contributed by atoms with Gasteiger partial charge in [-0.2, -0.15) is 5.10 Å². The molecule has 0 atom stereocenters. The zero-order chi connectivity index (χ0) is 13.9. The van der Waals surface area contributed by atoms with E-state index >= 15 is 0 Å². The molecular weight excluding hydrogens is 258 g/mol. The Morgan fingerprint density at radius 2 is 2.15 bits per heavy atom. The number of anilines is 1. The van der Waals surface area contributed by atoms with Gasteiger partial charge in [0, 0.05) is 38.4 Å². The van der Waals surface area contributed by atoms with Crippen molar-refractivity contribution in [3.05, 3.63) is 24.5 Å². The quantitative estimate of drug-likeness (QED) is 0.870. The van der Waals surface area contributed by atoms with E-state index in [0.29, 0.717) is 0 Å². The smallest absolute Gasteiger partial charge is 0.317 e. The fourth-order valence-electron chi connectivity index (χ4n) is 2.53. The summed E-state index contributed by atoms with van der Waals surface area (Å²) < 4.78 is 1.73. The summed E-state index contributed by atoms with van der Waals surface area (Å²) in [6.07, 6.45) is 4.57. The maximum Gasteiger partial charge on any atom is 0.317 e. The SMILES string of the molecule is O=C(O)CN1CCCN(c2ccn3nccc3n2)CC1. The van der Waals surface area contributed by atoms with E-state index in [9.17, 15) is 4.79 Å². The minimum Gasteiger partial charge on any atom is -0.480 e. The summed E-state index contributed by atoms with van der Waals surface area (Å²) in [6.45, 7) is 3.37. The summed E-state index contributed by atoms with van der Waals surface area (Å²) in [7, 11) is 0. The minimum absolute atomic E-state index is 0.114. The average molecular weight is 275 g/mol. The van der Waals surface area contributed by atoms with Crippen LogP contribution in [0.4, 0.5) is 5.82 Å². The van der Waals surface area contributed by atoms with E-state index < -0.39 is 5.97 Å². The van der Waals surface area contributed by atoms with E-state index in [0.717, 1.165) is 44.1 Å². The lowest BCUT2D eigenvalue weighted by atomic mass is 10.3. The Kier molecular flexibility index (Phi) is 3.51. The van der Waals surface area contributed by atoms with Crippen LogP contribution in [0.2, 0.25) is 0 Å². The van der Waals surface area contributed by atoms with Gasteiger partial charge in [-0.15, -0.1) is 0 Å². The number of nitrogens with zero attached hydrogens (tertiary/aromatic N) is 5. The fraction of sp³-hybridized carbons (Fsp3) is 0.462. The van der Waals surface area contributed by atoms with E-state index in [1.807, 2.05) is 23.2 Å². The van der Waals surface area contributed by atoms with Crippen molar-refractivity contribution >= 4 is 17.4 Å². The van der Waals surface area contributed by atoms with E-state index in [2.05, 4.69) is 15.0 Å². The van der Waals surface area contributed by atoms with E-state index in [-0.39, 0.29) is 6.54 Å². The van der Waals surface area contributed by atoms with E-state index in [1.165, 1.54) is 0 Å². The molecule has 0 aliphatic carbocycles. The molecular formula is C13H17N5O2. The molecule has 7 heteroatoms. The van der Waals surface area contributed by atoms with E-state index in [4.69, 9.17) is 5.11 Å². The number of carboxylic acid groups (broad SMARTS) is 1. The zero-order valence-corrected chi connectivity index (χ0v) is 11.1. The summed E-state index contributed by atoms with van der Waals surface area (Å²) in [6, 6.07) is 3.82. The molecule has 0 radical (unpaired) electrons. The standard InChI is InChI=1S/C13H17N5O2/c19-13(20)10-16-5-1-6-17(9-8-16)11-3-7-18-12(15-11)2-4-14-18/h2-4,7H,1,5-6,8-10H2,(H,19,20). The number of carbonyl (C=O) groups is 1. The largest absolute Gasteiger partial charge is 0.480 e. The molecule has 2 aromatic heterocycles. The number of fused-ring (bicyclic) bond motifs is 1. The van der Waals surface area contributed by atoms with Crippen LogP contribution in [0.1, 0.15) is 6.42 Å². The molecule has 2 aromatic rings. The highest BCUT2D eigenvalue weighted by Gasteiger charge is 2.17. The average Bonchev–Trinajstić information content (AvgIpc) is 2.77. The summed E-state index contributed by atoms with van der Waals surface area (Å²) >= 11 is 0. The van der Waals surface area contributed by atoms with Crippen molar-refractivity contribution in [3.63, 3.8) is 0 Å². The molecule has 0 spiro atoms. The Bertz CT molecular complexity index is 612. The van der Waals surface area contributed by atoms with Crippen molar-refractivity contribution in [1.82, 2.24) is 19.5 Å². The highest BCUT2D eigenvalue weighted by molar-refractivity contribution is 5.69. The van der Waals surface area contributed by atoms with Crippen molar-refractivity contribution in [2.24, 2.45) is 0 Å². The van der Waals surface area contributed by atoms with Crippen LogP contribution in [0.3, 0.4) is 0 Å². The number of aliphatic carboxylic acids is 1. The summed E-state index contributed by atoms with van der Waals surface area (Å²) in [5, 5.41) is 13.0. The minimum atomic E-state index is -0.766. The Hall–Kier alpha value is -2.15.